The van der Waals surface area contributed by atoms with E-state index < -0.39 is 0 Å². The summed E-state index contributed by atoms with van der Waals surface area (Å²) in [5, 5.41) is 6.75. The lowest BCUT2D eigenvalue weighted by molar-refractivity contribution is 0.0623. The van der Waals surface area contributed by atoms with Gasteiger partial charge in [-0.3, -0.25) is 19.7 Å². The summed E-state index contributed by atoms with van der Waals surface area (Å²) in [6.45, 7) is 4.86. The Hall–Kier alpha value is -5.98. The number of methoxy groups -OCH3 is 2. The molecule has 0 aliphatic carbocycles. The third-order valence-electron chi connectivity index (χ3n) is 9.28. The number of nitrogens with zero attached hydrogens (tertiary/aromatic N) is 7. The zero-order valence-electron chi connectivity index (χ0n) is 32.4. The molecule has 60 heavy (non-hydrogen) atoms. The first-order chi connectivity index (χ1) is 28.9. The van der Waals surface area contributed by atoms with Gasteiger partial charge in [0, 0.05) is 27.5 Å². The first kappa shape index (κ1) is 42.2. The average molecular weight is 908 g/mol. The molecule has 8 heterocycles. The smallest absolute Gasteiger partial charge is 0.238 e. The number of ether oxygens (including phenoxy) is 2. The normalized spacial score (nSPS) is 15.8. The minimum absolute atomic E-state index is 0. The lowest BCUT2D eigenvalue weighted by Crippen LogP contribution is -2.33. The van der Waals surface area contributed by atoms with Gasteiger partial charge in [0.2, 0.25) is 11.8 Å². The van der Waals surface area contributed by atoms with Gasteiger partial charge >= 0.3 is 0 Å². The predicted octanol–water partition coefficient (Wildman–Crippen LogP) is 9.27. The number of rotatable bonds is 7. The van der Waals surface area contributed by atoms with Crippen LogP contribution in [0.15, 0.2) is 123 Å². The summed E-state index contributed by atoms with van der Waals surface area (Å²) in [5.74, 6) is 2.20. The summed E-state index contributed by atoms with van der Waals surface area (Å²) in [6, 6.07) is 24.1. The van der Waals surface area contributed by atoms with E-state index in [9.17, 15) is 0 Å². The van der Waals surface area contributed by atoms with Crippen LogP contribution in [0, 0.1) is 13.8 Å². The number of aliphatic imine (C=N–C) groups is 2. The van der Waals surface area contributed by atoms with Gasteiger partial charge < -0.3 is 19.0 Å². The van der Waals surface area contributed by atoms with Crippen LogP contribution in [0.4, 0.5) is 0 Å². The number of fused-ring (bicyclic) bond motifs is 2. The van der Waals surface area contributed by atoms with Crippen LogP contribution < -0.4 is 20.4 Å². The number of hydrogen-bond donors (Lipinski definition) is 3. The van der Waals surface area contributed by atoms with Gasteiger partial charge in [0.05, 0.1) is 37.0 Å². The third-order valence-corrected chi connectivity index (χ3v) is 11.8. The third kappa shape index (κ3) is 9.40. The summed E-state index contributed by atoms with van der Waals surface area (Å²) < 4.78 is 16.0. The first-order valence-corrected chi connectivity index (χ1v) is 21.0. The standard InChI is InChI=1S/C21H19N5O2S.C17H14BrN3O2S.C4H6N2.CH4/c1-13-9-26(12-22-13)18-8-7-16(24-21(18)27-2)20-23-17(10-28-25-20)15-11-29-19-6-4-3-5-14(15)19;1-22-17-12(18)6-7-13(20-17)16-19-14(8-23-21-16)11-9-24-15-5-3-2-4-10(11)15;1-4-2-5-3-6-4;/h3-9,11-12,17H,10H2,1-2H3,(H,23,25);2-7,9,14H,8H2,1H3,(H,19,21);2-3H,1H3,(H,5,6);1H4. The van der Waals surface area contributed by atoms with Crippen molar-refractivity contribution in [3.05, 3.63) is 147 Å². The number of amidine groups is 2. The molecule has 2 aliphatic heterocycles. The number of aryl methyl sites for hydroxylation is 2. The largest absolute Gasteiger partial charge is 0.480 e. The molecule has 2 atom stereocenters. The van der Waals surface area contributed by atoms with Crippen molar-refractivity contribution >= 4 is 70.4 Å². The fraction of sp³-hybridized carbons (Fsp3) is 0.209. The fourth-order valence-electron chi connectivity index (χ4n) is 6.37. The summed E-state index contributed by atoms with van der Waals surface area (Å²) in [4.78, 5) is 40.9. The molecule has 10 rings (SSSR count). The minimum atomic E-state index is -0.0915. The molecule has 0 saturated heterocycles. The van der Waals surface area contributed by atoms with Crippen LogP contribution in [0.1, 0.15) is 53.4 Å². The molecule has 6 aromatic heterocycles. The van der Waals surface area contributed by atoms with E-state index in [1.807, 2.05) is 67.1 Å². The maximum absolute atomic E-state index is 5.64. The molecule has 2 aliphatic rings. The number of hydroxylamine groups is 2. The van der Waals surface area contributed by atoms with Gasteiger partial charge in [-0.05, 0) is 98.8 Å². The van der Waals surface area contributed by atoms with E-state index in [2.05, 4.69) is 92.9 Å². The van der Waals surface area contributed by atoms with Crippen LogP contribution in [0.5, 0.6) is 11.8 Å². The van der Waals surface area contributed by atoms with Crippen molar-refractivity contribution in [2.24, 2.45) is 9.98 Å². The maximum atomic E-state index is 5.64. The van der Waals surface area contributed by atoms with Crippen molar-refractivity contribution in [1.29, 1.82) is 0 Å². The number of aromatic amines is 1. The van der Waals surface area contributed by atoms with E-state index in [4.69, 9.17) is 29.1 Å². The van der Waals surface area contributed by atoms with Crippen molar-refractivity contribution in [2.75, 3.05) is 27.4 Å². The first-order valence-electron chi connectivity index (χ1n) is 18.4. The Balaban J connectivity index is 0.000000159. The zero-order chi connectivity index (χ0) is 40.7. The summed E-state index contributed by atoms with van der Waals surface area (Å²) in [5.41, 5.74) is 12.3. The molecule has 0 fully saturated rings. The molecule has 8 aromatic rings. The molecule has 2 aromatic carbocycles. The van der Waals surface area contributed by atoms with E-state index in [0.717, 1.165) is 21.5 Å². The Morgan fingerprint density at radius 1 is 0.750 bits per heavy atom. The maximum Gasteiger partial charge on any atom is 0.238 e. The number of nitrogens with one attached hydrogen (secondary N) is 3. The summed E-state index contributed by atoms with van der Waals surface area (Å²) in [7, 11) is 3.19. The van der Waals surface area contributed by atoms with Crippen LogP contribution in [0.2, 0.25) is 0 Å². The van der Waals surface area contributed by atoms with Gasteiger partial charge in [-0.2, -0.15) is 0 Å². The number of halogens is 1. The van der Waals surface area contributed by atoms with Gasteiger partial charge in [0.1, 0.15) is 42.4 Å². The number of aromatic nitrogens is 6. The lowest BCUT2D eigenvalue weighted by atomic mass is 10.1. The number of hydrogen-bond acceptors (Lipinski definition) is 14. The summed E-state index contributed by atoms with van der Waals surface area (Å²) in [6.07, 6.45) is 7.11. The molecule has 2 unspecified atom stereocenters. The highest BCUT2D eigenvalue weighted by molar-refractivity contribution is 9.10. The van der Waals surface area contributed by atoms with Crippen molar-refractivity contribution in [3.63, 3.8) is 0 Å². The number of pyridine rings is 2. The second-order valence-electron chi connectivity index (χ2n) is 13.3. The van der Waals surface area contributed by atoms with Crippen molar-refractivity contribution < 1.29 is 19.1 Å². The number of benzene rings is 2. The molecule has 0 bridgehead atoms. The van der Waals surface area contributed by atoms with Gasteiger partial charge in [-0.15, -0.1) is 22.7 Å². The Bertz CT molecular complexity index is 2750. The second-order valence-corrected chi connectivity index (χ2v) is 15.9. The SMILES string of the molecule is C.COc1nc(C2=NC(c3csc4ccccc34)CON2)ccc1-n1cnc(C)c1.COc1nc(C2=NC(c3csc4ccccc34)CON2)ccc1Br.Cc1cnc[nH]1. The molecule has 0 spiro atoms. The second kappa shape index (κ2) is 19.4. The highest BCUT2D eigenvalue weighted by Gasteiger charge is 2.24. The molecule has 0 saturated carbocycles. The number of imidazole rings is 2. The lowest BCUT2D eigenvalue weighted by Gasteiger charge is -2.22. The number of H-pyrrole nitrogens is 1. The van der Waals surface area contributed by atoms with E-state index in [1.165, 1.54) is 31.3 Å². The van der Waals surface area contributed by atoms with Crippen LogP contribution in [0.3, 0.4) is 0 Å². The molecular formula is C43H43BrN10O4S2. The van der Waals surface area contributed by atoms with E-state index in [1.54, 1.807) is 55.7 Å². The molecule has 17 heteroatoms. The Morgan fingerprint density at radius 2 is 1.32 bits per heavy atom. The molecule has 3 N–H and O–H groups in total. The van der Waals surface area contributed by atoms with Gasteiger partial charge in [0.15, 0.2) is 11.7 Å². The quantitative estimate of drug-likeness (QED) is 0.141. The monoisotopic (exact) mass is 906 g/mol. The topological polar surface area (TPSA) is 158 Å². The Morgan fingerprint density at radius 3 is 1.82 bits per heavy atom. The predicted molar refractivity (Wildman–Crippen MR) is 242 cm³/mol. The van der Waals surface area contributed by atoms with Gasteiger partial charge in [0.25, 0.3) is 0 Å². The van der Waals surface area contributed by atoms with E-state index in [0.29, 0.717) is 48.0 Å². The van der Waals surface area contributed by atoms with E-state index >= 15 is 0 Å². The molecule has 0 amide bonds. The Kier molecular flexibility index (Phi) is 13.6. The van der Waals surface area contributed by atoms with Crippen molar-refractivity contribution in [1.82, 2.24) is 40.4 Å². The fourth-order valence-corrected chi connectivity index (χ4v) is 8.77. The Labute approximate surface area is 363 Å². The highest BCUT2D eigenvalue weighted by Crippen LogP contribution is 2.35. The summed E-state index contributed by atoms with van der Waals surface area (Å²) >= 11 is 6.86. The zero-order valence-corrected chi connectivity index (χ0v) is 35.6. The molecule has 0 radical (unpaired) electrons. The molecular weight excluding hydrogens is 865 g/mol. The van der Waals surface area contributed by atoms with Crippen LogP contribution in [-0.2, 0) is 9.68 Å². The number of thiophene rings is 2. The van der Waals surface area contributed by atoms with Gasteiger partial charge in [-0.1, -0.05) is 43.8 Å². The van der Waals surface area contributed by atoms with Gasteiger partial charge in [-0.25, -0.2) is 30.9 Å². The average Bonchev–Trinajstić information content (AvgIpc) is 4.12. The van der Waals surface area contributed by atoms with Crippen LogP contribution in [0.25, 0.3) is 25.9 Å². The van der Waals surface area contributed by atoms with Crippen LogP contribution >= 0.6 is 38.6 Å². The van der Waals surface area contributed by atoms with Crippen LogP contribution in [-0.4, -0.2) is 68.6 Å². The van der Waals surface area contributed by atoms with E-state index in [-0.39, 0.29) is 19.5 Å². The highest BCUT2D eigenvalue weighted by atomic mass is 79.9. The molecule has 308 valence electrons. The van der Waals surface area contributed by atoms with Crippen molar-refractivity contribution in [3.8, 4) is 17.4 Å². The molecule has 14 nitrogen and oxygen atoms in total. The minimum Gasteiger partial charge on any atom is -0.480 e. The van der Waals surface area contributed by atoms with Crippen molar-refractivity contribution in [2.45, 2.75) is 33.4 Å².